The molecule has 1 aliphatic rings. The summed E-state index contributed by atoms with van der Waals surface area (Å²) in [7, 11) is 0. The van der Waals surface area contributed by atoms with E-state index < -0.39 is 0 Å². The van der Waals surface area contributed by atoms with Crippen molar-refractivity contribution in [2.45, 2.75) is 0 Å². The van der Waals surface area contributed by atoms with Crippen LogP contribution in [0.2, 0.25) is 0 Å². The Morgan fingerprint density at radius 3 is 1.97 bits per heavy atom. The molecule has 0 spiro atoms. The Hall–Kier alpha value is -3.17. The summed E-state index contributed by atoms with van der Waals surface area (Å²) in [4.78, 5) is 17.2. The molecule has 1 fully saturated rings. The van der Waals surface area contributed by atoms with Crippen LogP contribution in [-0.2, 0) is 0 Å². The predicted octanol–water partition coefficient (Wildman–Crippen LogP) is 4.82. The number of carbonyl (C=O) groups is 1. The first kappa shape index (κ1) is 19.2. The van der Waals surface area contributed by atoms with Crippen LogP contribution in [0, 0.1) is 0 Å². The molecule has 0 aliphatic carbocycles. The fraction of sp³-hybridized carbons (Fsp3) is 0.192. The highest BCUT2D eigenvalue weighted by Crippen LogP contribution is 2.20. The van der Waals surface area contributed by atoms with Gasteiger partial charge in [0, 0.05) is 38.3 Å². The standard InChI is InChI=1S/C26H26N2O/c29-26(25-15-13-24(14-16-25)23-11-5-2-6-12-23)28-20-18-27(19-21-28)17-7-10-22-8-3-1-4-9-22/h1-16H,17-21H2. The summed E-state index contributed by atoms with van der Waals surface area (Å²) in [6.45, 7) is 4.29. The van der Waals surface area contributed by atoms with Gasteiger partial charge in [0.25, 0.3) is 5.91 Å². The smallest absolute Gasteiger partial charge is 0.253 e. The Balaban J connectivity index is 1.29. The van der Waals surface area contributed by atoms with Crippen molar-refractivity contribution in [1.29, 1.82) is 0 Å². The van der Waals surface area contributed by atoms with Crippen LogP contribution in [0.4, 0.5) is 0 Å². The monoisotopic (exact) mass is 382 g/mol. The Labute approximate surface area is 172 Å². The van der Waals surface area contributed by atoms with Crippen molar-refractivity contribution in [3.05, 3.63) is 102 Å². The molecule has 29 heavy (non-hydrogen) atoms. The van der Waals surface area contributed by atoms with E-state index in [1.807, 2.05) is 53.4 Å². The number of benzene rings is 3. The molecular weight excluding hydrogens is 356 g/mol. The molecule has 0 radical (unpaired) electrons. The van der Waals surface area contributed by atoms with E-state index in [-0.39, 0.29) is 5.91 Å². The van der Waals surface area contributed by atoms with Crippen molar-refractivity contribution in [2.24, 2.45) is 0 Å². The normalized spacial score (nSPS) is 15.0. The van der Waals surface area contributed by atoms with Crippen LogP contribution >= 0.6 is 0 Å². The van der Waals surface area contributed by atoms with Crippen molar-refractivity contribution in [3.8, 4) is 11.1 Å². The third kappa shape index (κ3) is 5.01. The largest absolute Gasteiger partial charge is 0.336 e. The van der Waals surface area contributed by atoms with Gasteiger partial charge >= 0.3 is 0 Å². The molecule has 146 valence electrons. The molecule has 3 nitrogen and oxygen atoms in total. The summed E-state index contributed by atoms with van der Waals surface area (Å²) in [6, 6.07) is 28.6. The molecule has 0 aromatic heterocycles. The minimum absolute atomic E-state index is 0.129. The highest BCUT2D eigenvalue weighted by molar-refractivity contribution is 5.94. The lowest BCUT2D eigenvalue weighted by Crippen LogP contribution is -2.48. The maximum absolute atomic E-state index is 12.8. The van der Waals surface area contributed by atoms with Crippen molar-refractivity contribution in [2.75, 3.05) is 32.7 Å². The van der Waals surface area contributed by atoms with Gasteiger partial charge in [0.05, 0.1) is 0 Å². The third-order valence-electron chi connectivity index (χ3n) is 5.37. The van der Waals surface area contributed by atoms with E-state index in [9.17, 15) is 4.79 Å². The van der Waals surface area contributed by atoms with Crippen molar-refractivity contribution >= 4 is 12.0 Å². The van der Waals surface area contributed by atoms with Crippen molar-refractivity contribution in [3.63, 3.8) is 0 Å². The summed E-state index contributed by atoms with van der Waals surface area (Å²) in [5, 5.41) is 0. The van der Waals surface area contributed by atoms with Gasteiger partial charge in [-0.2, -0.15) is 0 Å². The summed E-state index contributed by atoms with van der Waals surface area (Å²) < 4.78 is 0. The molecule has 0 saturated carbocycles. The molecule has 1 amide bonds. The van der Waals surface area contributed by atoms with Crippen LogP contribution in [0.5, 0.6) is 0 Å². The zero-order chi connectivity index (χ0) is 19.9. The summed E-state index contributed by atoms with van der Waals surface area (Å²) in [6.07, 6.45) is 4.36. The summed E-state index contributed by atoms with van der Waals surface area (Å²) in [5.74, 6) is 0.129. The first-order valence-electron chi connectivity index (χ1n) is 10.2. The van der Waals surface area contributed by atoms with Crippen LogP contribution in [-0.4, -0.2) is 48.4 Å². The first-order chi connectivity index (χ1) is 14.3. The number of carbonyl (C=O) groups excluding carboxylic acids is 1. The minimum Gasteiger partial charge on any atom is -0.336 e. The van der Waals surface area contributed by atoms with E-state index in [0.29, 0.717) is 0 Å². The lowest BCUT2D eigenvalue weighted by molar-refractivity contribution is 0.0650. The van der Waals surface area contributed by atoms with Crippen molar-refractivity contribution in [1.82, 2.24) is 9.80 Å². The van der Waals surface area contributed by atoms with Crippen LogP contribution < -0.4 is 0 Å². The number of hydrogen-bond acceptors (Lipinski definition) is 2. The summed E-state index contributed by atoms with van der Waals surface area (Å²) in [5.41, 5.74) is 4.29. The lowest BCUT2D eigenvalue weighted by Gasteiger charge is -2.34. The molecule has 0 atom stereocenters. The van der Waals surface area contributed by atoms with E-state index in [2.05, 4.69) is 53.5 Å². The second-order valence-electron chi connectivity index (χ2n) is 7.35. The van der Waals surface area contributed by atoms with E-state index in [1.165, 1.54) is 11.1 Å². The van der Waals surface area contributed by atoms with Crippen molar-refractivity contribution < 1.29 is 4.79 Å². The number of hydrogen-bond donors (Lipinski definition) is 0. The quantitative estimate of drug-likeness (QED) is 0.631. The van der Waals surface area contributed by atoms with Crippen LogP contribution in [0.25, 0.3) is 17.2 Å². The van der Waals surface area contributed by atoms with Gasteiger partial charge in [-0.05, 0) is 28.8 Å². The Morgan fingerprint density at radius 2 is 1.31 bits per heavy atom. The minimum atomic E-state index is 0.129. The summed E-state index contributed by atoms with van der Waals surface area (Å²) >= 11 is 0. The molecule has 0 unspecified atom stereocenters. The fourth-order valence-corrected chi connectivity index (χ4v) is 3.65. The Kier molecular flexibility index (Phi) is 6.18. The molecule has 1 aliphatic heterocycles. The molecule has 3 heteroatoms. The van der Waals surface area contributed by atoms with E-state index in [0.717, 1.165) is 43.9 Å². The number of rotatable bonds is 5. The SMILES string of the molecule is O=C(c1ccc(-c2ccccc2)cc1)N1CCN(CC=Cc2ccccc2)CC1. The maximum atomic E-state index is 12.8. The average Bonchev–Trinajstić information content (AvgIpc) is 2.80. The van der Waals surface area contributed by atoms with Gasteiger partial charge in [-0.25, -0.2) is 0 Å². The zero-order valence-electron chi connectivity index (χ0n) is 16.6. The number of piperazine rings is 1. The van der Waals surface area contributed by atoms with Crippen LogP contribution in [0.3, 0.4) is 0 Å². The fourth-order valence-electron chi connectivity index (χ4n) is 3.65. The van der Waals surface area contributed by atoms with Gasteiger partial charge in [-0.3, -0.25) is 9.69 Å². The van der Waals surface area contributed by atoms with Gasteiger partial charge in [-0.1, -0.05) is 84.9 Å². The number of amides is 1. The van der Waals surface area contributed by atoms with Crippen LogP contribution in [0.15, 0.2) is 91.0 Å². The molecule has 1 heterocycles. The second-order valence-corrected chi connectivity index (χ2v) is 7.35. The van der Waals surface area contributed by atoms with Gasteiger partial charge in [0.2, 0.25) is 0 Å². The van der Waals surface area contributed by atoms with E-state index in [1.54, 1.807) is 0 Å². The predicted molar refractivity (Wildman–Crippen MR) is 120 cm³/mol. The Morgan fingerprint density at radius 1 is 0.724 bits per heavy atom. The highest BCUT2D eigenvalue weighted by atomic mass is 16.2. The molecule has 3 aromatic carbocycles. The maximum Gasteiger partial charge on any atom is 0.253 e. The third-order valence-corrected chi connectivity index (χ3v) is 5.37. The first-order valence-corrected chi connectivity index (χ1v) is 10.2. The molecule has 1 saturated heterocycles. The molecular formula is C26H26N2O. The van der Waals surface area contributed by atoms with Crippen LogP contribution in [0.1, 0.15) is 15.9 Å². The van der Waals surface area contributed by atoms with Gasteiger partial charge in [0.1, 0.15) is 0 Å². The zero-order valence-corrected chi connectivity index (χ0v) is 16.6. The van der Waals surface area contributed by atoms with E-state index >= 15 is 0 Å². The molecule has 4 rings (SSSR count). The number of nitrogens with zero attached hydrogens (tertiary/aromatic N) is 2. The molecule has 3 aromatic rings. The Bertz CT molecular complexity index is 941. The topological polar surface area (TPSA) is 23.6 Å². The molecule has 0 N–H and O–H groups in total. The van der Waals surface area contributed by atoms with Gasteiger partial charge < -0.3 is 4.90 Å². The lowest BCUT2D eigenvalue weighted by atomic mass is 10.0. The average molecular weight is 383 g/mol. The second kappa shape index (κ2) is 9.35. The van der Waals surface area contributed by atoms with E-state index in [4.69, 9.17) is 0 Å². The molecule has 0 bridgehead atoms. The van der Waals surface area contributed by atoms with Gasteiger partial charge in [0.15, 0.2) is 0 Å². The highest BCUT2D eigenvalue weighted by Gasteiger charge is 2.21. The van der Waals surface area contributed by atoms with Gasteiger partial charge in [-0.15, -0.1) is 0 Å².